The lowest BCUT2D eigenvalue weighted by Gasteiger charge is -2.19. The van der Waals surface area contributed by atoms with Gasteiger partial charge in [-0.25, -0.2) is 4.79 Å². The molecule has 1 atom stereocenters. The Morgan fingerprint density at radius 2 is 2.18 bits per heavy atom. The molecule has 1 aliphatic rings. The van der Waals surface area contributed by atoms with Crippen molar-refractivity contribution in [3.05, 3.63) is 12.0 Å². The third-order valence-corrected chi connectivity index (χ3v) is 2.18. The highest BCUT2D eigenvalue weighted by molar-refractivity contribution is 5.94. The molecule has 1 rings (SSSR count). The van der Waals surface area contributed by atoms with Crippen molar-refractivity contribution in [1.29, 1.82) is 0 Å². The molecule has 0 bridgehead atoms. The molecule has 0 radical (unpaired) electrons. The van der Waals surface area contributed by atoms with E-state index >= 15 is 0 Å². The molecule has 1 unspecified atom stereocenters. The van der Waals surface area contributed by atoms with E-state index < -0.39 is 17.9 Å². The Morgan fingerprint density at radius 3 is 2.65 bits per heavy atom. The second-order valence-corrected chi connectivity index (χ2v) is 4.20. The molecule has 0 fully saturated rings. The number of rotatable bonds is 5. The van der Waals surface area contributed by atoms with Crippen molar-refractivity contribution >= 4 is 11.9 Å². The Bertz CT molecular complexity index is 324. The lowest BCUT2D eigenvalue weighted by Crippen LogP contribution is -2.43. The van der Waals surface area contributed by atoms with E-state index in [1.165, 1.54) is 6.26 Å². The molecule has 1 amide bonds. The summed E-state index contributed by atoms with van der Waals surface area (Å²) in [7, 11) is 0. The van der Waals surface area contributed by atoms with Crippen LogP contribution in [-0.2, 0) is 19.1 Å². The molecule has 1 aliphatic heterocycles. The van der Waals surface area contributed by atoms with Crippen molar-refractivity contribution in [2.45, 2.75) is 26.3 Å². The maximum absolute atomic E-state index is 11.6. The van der Waals surface area contributed by atoms with Crippen molar-refractivity contribution in [3.8, 4) is 0 Å². The summed E-state index contributed by atoms with van der Waals surface area (Å²) in [5.41, 5.74) is 0. The van der Waals surface area contributed by atoms with Crippen LogP contribution in [0.3, 0.4) is 0 Å². The minimum absolute atomic E-state index is 0.0197. The molecule has 0 aliphatic carbocycles. The van der Waals surface area contributed by atoms with Crippen molar-refractivity contribution < 1.29 is 24.2 Å². The Hall–Kier alpha value is -1.72. The van der Waals surface area contributed by atoms with E-state index in [0.717, 1.165) is 0 Å². The molecule has 2 N–H and O–H groups in total. The molecule has 0 aromatic carbocycles. The van der Waals surface area contributed by atoms with Crippen LogP contribution < -0.4 is 5.32 Å². The first-order chi connectivity index (χ1) is 8.00. The van der Waals surface area contributed by atoms with Crippen LogP contribution in [0.15, 0.2) is 12.0 Å². The number of hydrogen-bond acceptors (Lipinski definition) is 4. The summed E-state index contributed by atoms with van der Waals surface area (Å²) in [4.78, 5) is 22.6. The predicted molar refractivity (Wildman–Crippen MR) is 59.0 cm³/mol. The zero-order valence-corrected chi connectivity index (χ0v) is 9.93. The number of carboxylic acid groups (broad SMARTS) is 1. The summed E-state index contributed by atoms with van der Waals surface area (Å²) >= 11 is 0. The lowest BCUT2D eigenvalue weighted by atomic mass is 10.0. The van der Waals surface area contributed by atoms with Crippen LogP contribution in [0.25, 0.3) is 0 Å². The zero-order valence-electron chi connectivity index (χ0n) is 9.93. The number of carboxylic acids is 1. The van der Waals surface area contributed by atoms with Crippen LogP contribution in [-0.4, -0.2) is 36.2 Å². The van der Waals surface area contributed by atoms with E-state index in [-0.39, 0.29) is 11.7 Å². The fourth-order valence-corrected chi connectivity index (χ4v) is 1.41. The molecule has 1 heterocycles. The minimum Gasteiger partial charge on any atom is -0.494 e. The van der Waals surface area contributed by atoms with E-state index in [1.54, 1.807) is 0 Å². The normalized spacial score (nSPS) is 16.5. The highest BCUT2D eigenvalue weighted by atomic mass is 16.6. The van der Waals surface area contributed by atoms with Gasteiger partial charge in [-0.2, -0.15) is 0 Å². The van der Waals surface area contributed by atoms with E-state index in [2.05, 4.69) is 5.32 Å². The fraction of sp³-hybridized carbons (Fsp3) is 0.636. The van der Waals surface area contributed by atoms with E-state index in [0.29, 0.717) is 19.6 Å². The third kappa shape index (κ3) is 4.34. The Balaban J connectivity index is 2.57. The lowest BCUT2D eigenvalue weighted by molar-refractivity contribution is -0.142. The maximum Gasteiger partial charge on any atom is 0.326 e. The molecule has 0 aromatic rings. The summed E-state index contributed by atoms with van der Waals surface area (Å²) in [6, 6.07) is -0.908. The van der Waals surface area contributed by atoms with Crippen molar-refractivity contribution in [2.75, 3.05) is 13.2 Å². The van der Waals surface area contributed by atoms with Gasteiger partial charge in [0.1, 0.15) is 25.5 Å². The first-order valence-corrected chi connectivity index (χ1v) is 5.49. The molecule has 0 aromatic heterocycles. The van der Waals surface area contributed by atoms with E-state index in [9.17, 15) is 9.59 Å². The van der Waals surface area contributed by atoms with Gasteiger partial charge < -0.3 is 19.9 Å². The fourth-order valence-electron chi connectivity index (χ4n) is 1.41. The summed E-state index contributed by atoms with van der Waals surface area (Å²) in [6.45, 7) is 4.47. The molecule has 6 nitrogen and oxygen atoms in total. The number of aliphatic carboxylic acids is 1. The van der Waals surface area contributed by atoms with Crippen LogP contribution in [0.5, 0.6) is 0 Å². The van der Waals surface area contributed by atoms with Crippen LogP contribution in [0, 0.1) is 5.92 Å². The second kappa shape index (κ2) is 6.12. The molecule has 0 spiro atoms. The number of amides is 1. The van der Waals surface area contributed by atoms with Crippen LogP contribution in [0.1, 0.15) is 20.3 Å². The van der Waals surface area contributed by atoms with Gasteiger partial charge in [0.2, 0.25) is 5.76 Å². The number of ether oxygens (including phenoxy) is 2. The molecule has 96 valence electrons. The average molecular weight is 243 g/mol. The topological polar surface area (TPSA) is 84.9 Å². The Morgan fingerprint density at radius 1 is 1.47 bits per heavy atom. The monoisotopic (exact) mass is 243 g/mol. The van der Waals surface area contributed by atoms with Gasteiger partial charge in [0, 0.05) is 0 Å². The van der Waals surface area contributed by atoms with Gasteiger partial charge in [0.15, 0.2) is 0 Å². The van der Waals surface area contributed by atoms with Crippen LogP contribution in [0.2, 0.25) is 0 Å². The summed E-state index contributed by atoms with van der Waals surface area (Å²) in [5.74, 6) is -1.41. The highest BCUT2D eigenvalue weighted by Gasteiger charge is 2.24. The SMILES string of the molecule is CC(C)CC(NC(=O)C1=COCCO1)C(=O)O. The quantitative estimate of drug-likeness (QED) is 0.734. The van der Waals surface area contributed by atoms with Gasteiger partial charge >= 0.3 is 5.97 Å². The molecular weight excluding hydrogens is 226 g/mol. The van der Waals surface area contributed by atoms with Crippen LogP contribution in [0.4, 0.5) is 0 Å². The molecular formula is C11H17NO5. The maximum atomic E-state index is 11.6. The predicted octanol–water partition coefficient (Wildman–Crippen LogP) is 0.490. The average Bonchev–Trinajstić information content (AvgIpc) is 2.28. The van der Waals surface area contributed by atoms with Crippen molar-refractivity contribution in [1.82, 2.24) is 5.32 Å². The van der Waals surface area contributed by atoms with E-state index in [1.807, 2.05) is 13.8 Å². The molecule has 17 heavy (non-hydrogen) atoms. The van der Waals surface area contributed by atoms with Gasteiger partial charge in [-0.1, -0.05) is 13.8 Å². The Kier molecular flexibility index (Phi) is 4.81. The van der Waals surface area contributed by atoms with Crippen LogP contribution >= 0.6 is 0 Å². The van der Waals surface area contributed by atoms with Gasteiger partial charge in [-0.3, -0.25) is 4.79 Å². The largest absolute Gasteiger partial charge is 0.494 e. The first-order valence-electron chi connectivity index (χ1n) is 5.49. The molecule has 6 heteroatoms. The van der Waals surface area contributed by atoms with Gasteiger partial charge in [-0.15, -0.1) is 0 Å². The van der Waals surface area contributed by atoms with E-state index in [4.69, 9.17) is 14.6 Å². The van der Waals surface area contributed by atoms with Gasteiger partial charge in [-0.05, 0) is 12.3 Å². The summed E-state index contributed by atoms with van der Waals surface area (Å²) in [6.07, 6.45) is 1.57. The Labute approximate surface area is 99.6 Å². The van der Waals surface area contributed by atoms with Gasteiger partial charge in [0.25, 0.3) is 5.91 Å². The number of nitrogens with one attached hydrogen (secondary N) is 1. The second-order valence-electron chi connectivity index (χ2n) is 4.20. The standard InChI is InChI=1S/C11H17NO5/c1-7(2)5-8(11(14)15)12-10(13)9-6-16-3-4-17-9/h6-8H,3-5H2,1-2H3,(H,12,13)(H,14,15). The summed E-state index contributed by atoms with van der Waals surface area (Å²) in [5, 5.41) is 11.4. The number of hydrogen-bond donors (Lipinski definition) is 2. The third-order valence-electron chi connectivity index (χ3n) is 2.18. The van der Waals surface area contributed by atoms with Crippen molar-refractivity contribution in [3.63, 3.8) is 0 Å². The smallest absolute Gasteiger partial charge is 0.326 e. The first kappa shape index (κ1) is 13.3. The molecule has 0 saturated carbocycles. The highest BCUT2D eigenvalue weighted by Crippen LogP contribution is 2.08. The zero-order chi connectivity index (χ0) is 12.8. The number of carbonyl (C=O) groups is 2. The summed E-state index contributed by atoms with van der Waals surface area (Å²) < 4.78 is 9.99. The van der Waals surface area contributed by atoms with Gasteiger partial charge in [0.05, 0.1) is 0 Å². The minimum atomic E-state index is -1.05. The number of carbonyl (C=O) groups excluding carboxylic acids is 1. The molecule has 0 saturated heterocycles. The van der Waals surface area contributed by atoms with Crippen molar-refractivity contribution in [2.24, 2.45) is 5.92 Å².